The highest BCUT2D eigenvalue weighted by Gasteiger charge is 2.25. The van der Waals surface area contributed by atoms with Crippen molar-refractivity contribution in [1.29, 1.82) is 0 Å². The Morgan fingerprint density at radius 3 is 2.93 bits per heavy atom. The Morgan fingerprint density at radius 2 is 2.20 bits per heavy atom. The van der Waals surface area contributed by atoms with Gasteiger partial charge in [-0.15, -0.1) is 0 Å². The van der Waals surface area contributed by atoms with Gasteiger partial charge in [0.05, 0.1) is 6.04 Å². The Hall–Kier alpha value is -1.61. The van der Waals surface area contributed by atoms with Crippen molar-refractivity contribution in [3.05, 3.63) is 47.9 Å². The SMILES string of the molecule is Cc1cccc(-n2cccc2[C@H]2CN2)n1. The van der Waals surface area contributed by atoms with Crippen molar-refractivity contribution in [3.63, 3.8) is 0 Å². The van der Waals surface area contributed by atoms with Crippen LogP contribution in [-0.2, 0) is 0 Å². The molecule has 0 bridgehead atoms. The van der Waals surface area contributed by atoms with Crippen LogP contribution in [0.15, 0.2) is 36.5 Å². The second-order valence-electron chi connectivity index (χ2n) is 3.90. The minimum Gasteiger partial charge on any atom is -0.306 e. The van der Waals surface area contributed by atoms with Crippen LogP contribution < -0.4 is 5.32 Å². The number of hydrogen-bond donors (Lipinski definition) is 1. The van der Waals surface area contributed by atoms with Crippen LogP contribution in [0.3, 0.4) is 0 Å². The maximum Gasteiger partial charge on any atom is 0.137 e. The lowest BCUT2D eigenvalue weighted by molar-refractivity contribution is 0.879. The predicted molar refractivity (Wildman–Crippen MR) is 59.0 cm³/mol. The van der Waals surface area contributed by atoms with Crippen molar-refractivity contribution in [2.45, 2.75) is 13.0 Å². The van der Waals surface area contributed by atoms with Crippen molar-refractivity contribution in [1.82, 2.24) is 14.9 Å². The fraction of sp³-hybridized carbons (Fsp3) is 0.250. The molecule has 0 radical (unpaired) electrons. The number of nitrogens with zero attached hydrogens (tertiary/aromatic N) is 2. The van der Waals surface area contributed by atoms with E-state index in [4.69, 9.17) is 0 Å². The van der Waals surface area contributed by atoms with E-state index in [9.17, 15) is 0 Å². The van der Waals surface area contributed by atoms with E-state index < -0.39 is 0 Å². The fourth-order valence-corrected chi connectivity index (χ4v) is 1.82. The number of rotatable bonds is 2. The molecule has 1 aliphatic rings. The van der Waals surface area contributed by atoms with Crippen molar-refractivity contribution >= 4 is 0 Å². The molecular weight excluding hydrogens is 186 g/mol. The average molecular weight is 199 g/mol. The highest BCUT2D eigenvalue weighted by atomic mass is 15.2. The molecule has 3 rings (SSSR count). The fourth-order valence-electron chi connectivity index (χ4n) is 1.82. The molecule has 1 saturated heterocycles. The van der Waals surface area contributed by atoms with E-state index in [-0.39, 0.29) is 0 Å². The molecule has 0 saturated carbocycles. The maximum absolute atomic E-state index is 4.52. The minimum atomic E-state index is 0.516. The molecule has 2 aromatic heterocycles. The highest BCUT2D eigenvalue weighted by Crippen LogP contribution is 2.24. The second-order valence-corrected chi connectivity index (χ2v) is 3.90. The van der Waals surface area contributed by atoms with Gasteiger partial charge in [0.2, 0.25) is 0 Å². The standard InChI is InChI=1S/C12H13N3/c1-9-4-2-6-12(14-9)15-7-3-5-11(15)10-8-13-10/h2-7,10,13H,8H2,1H3/t10-/m1/s1. The molecule has 0 aliphatic carbocycles. The van der Waals surface area contributed by atoms with Crippen molar-refractivity contribution < 1.29 is 0 Å². The molecule has 2 aromatic rings. The Balaban J connectivity index is 2.07. The van der Waals surface area contributed by atoms with Gasteiger partial charge >= 0.3 is 0 Å². The van der Waals surface area contributed by atoms with E-state index in [1.807, 2.05) is 25.1 Å². The number of pyridine rings is 1. The Kier molecular flexibility index (Phi) is 1.86. The summed E-state index contributed by atoms with van der Waals surface area (Å²) in [6.45, 7) is 3.10. The molecule has 0 unspecified atom stereocenters. The highest BCUT2D eigenvalue weighted by molar-refractivity contribution is 5.31. The number of nitrogens with one attached hydrogen (secondary N) is 1. The summed E-state index contributed by atoms with van der Waals surface area (Å²) in [7, 11) is 0. The number of aryl methyl sites for hydroxylation is 1. The van der Waals surface area contributed by atoms with Gasteiger partial charge in [0, 0.05) is 24.1 Å². The van der Waals surface area contributed by atoms with E-state index in [0.717, 1.165) is 18.1 Å². The van der Waals surface area contributed by atoms with Gasteiger partial charge in [-0.1, -0.05) is 6.07 Å². The lowest BCUT2D eigenvalue weighted by Crippen LogP contribution is -2.01. The minimum absolute atomic E-state index is 0.516. The molecule has 3 heterocycles. The summed E-state index contributed by atoms with van der Waals surface area (Å²) in [6, 6.07) is 10.8. The van der Waals surface area contributed by atoms with E-state index in [2.05, 4.69) is 33.2 Å². The van der Waals surface area contributed by atoms with Crippen molar-refractivity contribution in [2.75, 3.05) is 6.54 Å². The summed E-state index contributed by atoms with van der Waals surface area (Å²) in [4.78, 5) is 4.52. The first-order chi connectivity index (χ1) is 7.34. The number of hydrogen-bond acceptors (Lipinski definition) is 2. The topological polar surface area (TPSA) is 39.8 Å². The first kappa shape index (κ1) is 8.68. The lowest BCUT2D eigenvalue weighted by Gasteiger charge is -2.07. The summed E-state index contributed by atoms with van der Waals surface area (Å²) in [6.07, 6.45) is 2.07. The molecular formula is C12H13N3. The first-order valence-corrected chi connectivity index (χ1v) is 5.19. The summed E-state index contributed by atoms with van der Waals surface area (Å²) in [5, 5.41) is 3.31. The van der Waals surface area contributed by atoms with Crippen LogP contribution in [0.2, 0.25) is 0 Å². The van der Waals surface area contributed by atoms with Crippen molar-refractivity contribution in [3.8, 4) is 5.82 Å². The van der Waals surface area contributed by atoms with Gasteiger partial charge in [0.15, 0.2) is 0 Å². The Labute approximate surface area is 88.8 Å². The zero-order valence-corrected chi connectivity index (χ0v) is 8.64. The molecule has 3 nitrogen and oxygen atoms in total. The van der Waals surface area contributed by atoms with Gasteiger partial charge < -0.3 is 9.88 Å². The van der Waals surface area contributed by atoms with Crippen LogP contribution in [0.1, 0.15) is 17.4 Å². The maximum atomic E-state index is 4.52. The van der Waals surface area contributed by atoms with E-state index in [1.165, 1.54) is 5.69 Å². The van der Waals surface area contributed by atoms with Crippen LogP contribution in [0.5, 0.6) is 0 Å². The van der Waals surface area contributed by atoms with Gasteiger partial charge in [-0.05, 0) is 31.2 Å². The molecule has 0 aromatic carbocycles. The zero-order valence-electron chi connectivity index (χ0n) is 8.64. The van der Waals surface area contributed by atoms with Gasteiger partial charge in [0.25, 0.3) is 0 Å². The van der Waals surface area contributed by atoms with E-state index in [1.54, 1.807) is 0 Å². The molecule has 0 spiro atoms. The second kappa shape index (κ2) is 3.21. The van der Waals surface area contributed by atoms with Gasteiger partial charge in [-0.25, -0.2) is 4.98 Å². The summed E-state index contributed by atoms with van der Waals surface area (Å²) in [5.74, 6) is 1.00. The molecule has 1 fully saturated rings. The van der Waals surface area contributed by atoms with Crippen LogP contribution in [-0.4, -0.2) is 16.1 Å². The molecule has 1 N–H and O–H groups in total. The van der Waals surface area contributed by atoms with Gasteiger partial charge in [-0.3, -0.25) is 0 Å². The van der Waals surface area contributed by atoms with Crippen LogP contribution in [0.4, 0.5) is 0 Å². The predicted octanol–water partition coefficient (Wildman–Crippen LogP) is 1.83. The summed E-state index contributed by atoms with van der Waals surface area (Å²) < 4.78 is 2.15. The molecule has 1 atom stereocenters. The Morgan fingerprint density at radius 1 is 1.33 bits per heavy atom. The third-order valence-corrected chi connectivity index (χ3v) is 2.67. The largest absolute Gasteiger partial charge is 0.306 e. The van der Waals surface area contributed by atoms with Gasteiger partial charge in [0.1, 0.15) is 5.82 Å². The quantitative estimate of drug-likeness (QED) is 0.749. The van der Waals surface area contributed by atoms with E-state index in [0.29, 0.717) is 6.04 Å². The van der Waals surface area contributed by atoms with Crippen LogP contribution in [0.25, 0.3) is 5.82 Å². The molecule has 1 aliphatic heterocycles. The normalized spacial score (nSPS) is 19.1. The lowest BCUT2D eigenvalue weighted by atomic mass is 10.3. The monoisotopic (exact) mass is 199 g/mol. The molecule has 0 amide bonds. The summed E-state index contributed by atoms with van der Waals surface area (Å²) >= 11 is 0. The Bertz CT molecular complexity index is 483. The third kappa shape index (κ3) is 1.55. The third-order valence-electron chi connectivity index (χ3n) is 2.67. The average Bonchev–Trinajstić information content (AvgIpc) is 2.96. The first-order valence-electron chi connectivity index (χ1n) is 5.19. The van der Waals surface area contributed by atoms with Crippen molar-refractivity contribution in [2.24, 2.45) is 0 Å². The van der Waals surface area contributed by atoms with Crippen LogP contribution >= 0.6 is 0 Å². The zero-order chi connectivity index (χ0) is 10.3. The smallest absolute Gasteiger partial charge is 0.137 e. The molecule has 3 heteroatoms. The molecule has 76 valence electrons. The molecule has 15 heavy (non-hydrogen) atoms. The summed E-state index contributed by atoms with van der Waals surface area (Å²) in [5.41, 5.74) is 2.35. The van der Waals surface area contributed by atoms with Gasteiger partial charge in [-0.2, -0.15) is 0 Å². The van der Waals surface area contributed by atoms with E-state index >= 15 is 0 Å². The van der Waals surface area contributed by atoms with Crippen LogP contribution in [0, 0.1) is 6.92 Å². The number of aromatic nitrogens is 2.